The van der Waals surface area contributed by atoms with E-state index in [0.29, 0.717) is 38.4 Å². The molecule has 4 N–H and O–H groups in total. The largest absolute Gasteiger partial charge is 0.461 e. The zero-order chi connectivity index (χ0) is 33.9. The number of amides is 3. The van der Waals surface area contributed by atoms with E-state index in [1.54, 1.807) is 24.9 Å². The van der Waals surface area contributed by atoms with Crippen molar-refractivity contribution >= 4 is 34.5 Å². The summed E-state index contributed by atoms with van der Waals surface area (Å²) in [6.07, 6.45) is 1.57. The third-order valence-electron chi connectivity index (χ3n) is 8.14. The van der Waals surface area contributed by atoms with Crippen LogP contribution in [0, 0.1) is 11.8 Å². The molecule has 0 radical (unpaired) electrons. The van der Waals surface area contributed by atoms with E-state index in [0.717, 1.165) is 16.3 Å². The van der Waals surface area contributed by atoms with Crippen LogP contribution in [0.2, 0.25) is 0 Å². The van der Waals surface area contributed by atoms with Crippen LogP contribution in [0.1, 0.15) is 51.8 Å². The molecule has 3 aromatic rings. The molecule has 1 aromatic heterocycles. The fraction of sp³-hybridized carbons (Fsp3) is 0.514. The van der Waals surface area contributed by atoms with Crippen LogP contribution in [0.25, 0.3) is 10.8 Å². The van der Waals surface area contributed by atoms with Crippen LogP contribution in [0.4, 0.5) is 0 Å². The molecule has 4 rings (SSSR count). The third-order valence-corrected chi connectivity index (χ3v) is 8.14. The molecular formula is C35H47N5O7. The topological polar surface area (TPSA) is 163 Å². The molecule has 0 bridgehead atoms. The van der Waals surface area contributed by atoms with E-state index in [9.17, 15) is 24.3 Å². The molecule has 1 fully saturated rings. The number of aliphatic hydroxyl groups is 1. The fourth-order valence-corrected chi connectivity index (χ4v) is 5.79. The van der Waals surface area contributed by atoms with Gasteiger partial charge in [-0.05, 0) is 48.9 Å². The van der Waals surface area contributed by atoms with Crippen molar-refractivity contribution in [3.8, 4) is 0 Å². The number of morpholine rings is 1. The standard InChI is InChI=1S/C35H47N5O7/c1-22(2)16-29(32(42)35(45)47-23(3)4)38-34(44)30(19-27-20-36-21-37-27)39-33(43)26(18-31(41)40-12-14-46-15-13-40)17-25-10-7-9-24-8-5-6-11-28(24)25/h5-11,20-23,26,29-30,32,42H,12-19H2,1-4H3,(H,36,37)(H,38,44)(H,39,43)/t26-,29-,30+,32?/m1/s1. The highest BCUT2D eigenvalue weighted by molar-refractivity contribution is 5.92. The summed E-state index contributed by atoms with van der Waals surface area (Å²) in [7, 11) is 0. The fourth-order valence-electron chi connectivity index (χ4n) is 5.79. The van der Waals surface area contributed by atoms with Gasteiger partial charge in [0.2, 0.25) is 17.7 Å². The van der Waals surface area contributed by atoms with Gasteiger partial charge in [-0.2, -0.15) is 0 Å². The van der Waals surface area contributed by atoms with Crippen molar-refractivity contribution in [2.45, 2.75) is 77.7 Å². The van der Waals surface area contributed by atoms with Crippen molar-refractivity contribution in [1.82, 2.24) is 25.5 Å². The molecule has 1 aliphatic rings. The second-order valence-electron chi connectivity index (χ2n) is 12.8. The van der Waals surface area contributed by atoms with Gasteiger partial charge in [0.15, 0.2) is 6.10 Å². The minimum atomic E-state index is -1.60. The second kappa shape index (κ2) is 17.0. The molecule has 0 saturated carbocycles. The molecule has 0 aliphatic carbocycles. The van der Waals surface area contributed by atoms with Crippen molar-refractivity contribution < 1.29 is 33.8 Å². The number of benzene rings is 2. The number of carbonyl (C=O) groups excluding carboxylic acids is 4. The van der Waals surface area contributed by atoms with Gasteiger partial charge >= 0.3 is 5.97 Å². The Morgan fingerprint density at radius 3 is 2.38 bits per heavy atom. The summed E-state index contributed by atoms with van der Waals surface area (Å²) in [5, 5.41) is 18.6. The molecule has 2 aromatic carbocycles. The maximum Gasteiger partial charge on any atom is 0.337 e. The molecule has 4 atom stereocenters. The molecule has 47 heavy (non-hydrogen) atoms. The van der Waals surface area contributed by atoms with E-state index in [1.165, 1.54) is 6.33 Å². The van der Waals surface area contributed by atoms with E-state index in [4.69, 9.17) is 9.47 Å². The Kier molecular flexibility index (Phi) is 12.9. The molecule has 2 heterocycles. The quantitative estimate of drug-likeness (QED) is 0.183. The molecule has 1 unspecified atom stereocenters. The van der Waals surface area contributed by atoms with E-state index in [-0.39, 0.29) is 31.1 Å². The minimum Gasteiger partial charge on any atom is -0.461 e. The lowest BCUT2D eigenvalue weighted by molar-refractivity contribution is -0.159. The van der Waals surface area contributed by atoms with Crippen molar-refractivity contribution in [2.24, 2.45) is 11.8 Å². The number of aromatic amines is 1. The van der Waals surface area contributed by atoms with Gasteiger partial charge in [0.25, 0.3) is 0 Å². The monoisotopic (exact) mass is 649 g/mol. The molecule has 0 spiro atoms. The number of nitrogens with one attached hydrogen (secondary N) is 3. The summed E-state index contributed by atoms with van der Waals surface area (Å²) in [6.45, 7) is 8.94. The summed E-state index contributed by atoms with van der Waals surface area (Å²) >= 11 is 0. The Morgan fingerprint density at radius 1 is 0.979 bits per heavy atom. The van der Waals surface area contributed by atoms with E-state index < -0.39 is 48.0 Å². The van der Waals surface area contributed by atoms with Gasteiger partial charge in [0, 0.05) is 37.8 Å². The maximum atomic E-state index is 14.1. The number of nitrogens with zero attached hydrogens (tertiary/aromatic N) is 2. The average Bonchev–Trinajstić information content (AvgIpc) is 3.56. The Balaban J connectivity index is 1.59. The Labute approximate surface area is 275 Å². The number of hydrogen-bond acceptors (Lipinski definition) is 8. The number of aliphatic hydroxyl groups excluding tert-OH is 1. The lowest BCUT2D eigenvalue weighted by atomic mass is 9.91. The number of H-pyrrole nitrogens is 1. The van der Waals surface area contributed by atoms with Crippen LogP contribution < -0.4 is 10.6 Å². The highest BCUT2D eigenvalue weighted by Crippen LogP contribution is 2.24. The summed E-state index contributed by atoms with van der Waals surface area (Å²) < 4.78 is 10.6. The third kappa shape index (κ3) is 10.4. The number of imidazole rings is 1. The smallest absolute Gasteiger partial charge is 0.337 e. The first-order valence-electron chi connectivity index (χ1n) is 16.3. The summed E-state index contributed by atoms with van der Waals surface area (Å²) in [5.74, 6) is -2.80. The van der Waals surface area contributed by atoms with Crippen LogP contribution in [-0.2, 0) is 41.5 Å². The zero-order valence-corrected chi connectivity index (χ0v) is 27.6. The molecule has 3 amide bonds. The number of esters is 1. The first-order chi connectivity index (χ1) is 22.5. The molecule has 1 saturated heterocycles. The minimum absolute atomic E-state index is 0.0266. The van der Waals surface area contributed by atoms with Crippen LogP contribution >= 0.6 is 0 Å². The SMILES string of the molecule is CC(C)C[C@@H](NC(=O)[C@H](Cc1cnc[nH]1)NC(=O)[C@@H](CC(=O)N1CCOCC1)Cc1cccc2ccccc12)C(O)C(=O)OC(C)C. The van der Waals surface area contributed by atoms with Crippen LogP contribution in [0.5, 0.6) is 0 Å². The normalized spacial score (nSPS) is 16.0. The highest BCUT2D eigenvalue weighted by Gasteiger charge is 2.34. The van der Waals surface area contributed by atoms with E-state index in [2.05, 4.69) is 20.6 Å². The predicted molar refractivity (Wildman–Crippen MR) is 176 cm³/mol. The van der Waals surface area contributed by atoms with Crippen LogP contribution in [0.3, 0.4) is 0 Å². The predicted octanol–water partition coefficient (Wildman–Crippen LogP) is 2.54. The van der Waals surface area contributed by atoms with Crippen LogP contribution in [0.15, 0.2) is 55.0 Å². The highest BCUT2D eigenvalue weighted by atomic mass is 16.6. The molecule has 12 heteroatoms. The van der Waals surface area contributed by atoms with E-state index in [1.807, 2.05) is 56.3 Å². The zero-order valence-electron chi connectivity index (χ0n) is 27.6. The number of aromatic nitrogens is 2. The molecule has 254 valence electrons. The summed E-state index contributed by atoms with van der Waals surface area (Å²) in [6, 6.07) is 11.7. The van der Waals surface area contributed by atoms with Crippen molar-refractivity contribution in [3.05, 3.63) is 66.2 Å². The van der Waals surface area contributed by atoms with Gasteiger partial charge in [-0.15, -0.1) is 0 Å². The van der Waals surface area contributed by atoms with Gasteiger partial charge in [-0.3, -0.25) is 14.4 Å². The Bertz CT molecular complexity index is 1480. The lowest BCUT2D eigenvalue weighted by Gasteiger charge is -2.30. The van der Waals surface area contributed by atoms with Crippen molar-refractivity contribution in [3.63, 3.8) is 0 Å². The summed E-state index contributed by atoms with van der Waals surface area (Å²) in [4.78, 5) is 62.7. The summed E-state index contributed by atoms with van der Waals surface area (Å²) in [5.41, 5.74) is 1.51. The lowest BCUT2D eigenvalue weighted by Crippen LogP contribution is -2.56. The van der Waals surface area contributed by atoms with Crippen LogP contribution in [-0.4, -0.2) is 94.3 Å². The van der Waals surface area contributed by atoms with E-state index >= 15 is 0 Å². The number of rotatable bonds is 15. The molecular weight excluding hydrogens is 602 g/mol. The van der Waals surface area contributed by atoms with Gasteiger partial charge in [-0.25, -0.2) is 9.78 Å². The Hall–Kier alpha value is -4.29. The van der Waals surface area contributed by atoms with Crippen molar-refractivity contribution in [1.29, 1.82) is 0 Å². The number of ether oxygens (including phenoxy) is 2. The molecule has 12 nitrogen and oxygen atoms in total. The molecule has 1 aliphatic heterocycles. The van der Waals surface area contributed by atoms with Gasteiger partial charge in [0.05, 0.1) is 37.6 Å². The van der Waals surface area contributed by atoms with Gasteiger partial charge in [-0.1, -0.05) is 56.3 Å². The second-order valence-corrected chi connectivity index (χ2v) is 12.8. The first kappa shape index (κ1) is 35.6. The number of fused-ring (bicyclic) bond motifs is 1. The maximum absolute atomic E-state index is 14.1. The number of carbonyl (C=O) groups is 4. The van der Waals surface area contributed by atoms with Gasteiger partial charge < -0.3 is 35.1 Å². The first-order valence-corrected chi connectivity index (χ1v) is 16.3. The average molecular weight is 650 g/mol. The number of hydrogen-bond donors (Lipinski definition) is 4. The Morgan fingerprint density at radius 2 is 1.70 bits per heavy atom. The van der Waals surface area contributed by atoms with Crippen molar-refractivity contribution in [2.75, 3.05) is 26.3 Å². The van der Waals surface area contributed by atoms with Gasteiger partial charge in [0.1, 0.15) is 6.04 Å².